The van der Waals surface area contributed by atoms with Gasteiger partial charge in [0.05, 0.1) is 7.11 Å². The average molecular weight is 248 g/mol. The first-order chi connectivity index (χ1) is 8.81. The van der Waals surface area contributed by atoms with Crippen molar-refractivity contribution in [2.24, 2.45) is 0 Å². The van der Waals surface area contributed by atoms with E-state index in [0.29, 0.717) is 6.04 Å². The molecule has 0 bridgehead atoms. The predicted molar refractivity (Wildman–Crippen MR) is 75.0 cm³/mol. The zero-order chi connectivity index (χ0) is 12.8. The van der Waals surface area contributed by atoms with Gasteiger partial charge >= 0.3 is 0 Å². The van der Waals surface area contributed by atoms with Gasteiger partial charge in [0.1, 0.15) is 5.75 Å². The molecule has 100 valence electrons. The van der Waals surface area contributed by atoms with E-state index in [9.17, 15) is 0 Å². The van der Waals surface area contributed by atoms with Crippen LogP contribution in [0, 0.1) is 0 Å². The van der Waals surface area contributed by atoms with Crippen molar-refractivity contribution in [2.45, 2.75) is 31.8 Å². The van der Waals surface area contributed by atoms with Crippen molar-refractivity contribution in [1.29, 1.82) is 0 Å². The Balaban J connectivity index is 1.98. The van der Waals surface area contributed by atoms with Crippen LogP contribution in [0.15, 0.2) is 24.3 Å². The highest BCUT2D eigenvalue weighted by Gasteiger charge is 2.17. The van der Waals surface area contributed by atoms with Gasteiger partial charge < -0.3 is 10.1 Å². The molecule has 1 unspecified atom stereocenters. The summed E-state index contributed by atoms with van der Waals surface area (Å²) in [7, 11) is 3.97. The second-order valence-electron chi connectivity index (χ2n) is 5.06. The number of para-hydroxylation sites is 1. The summed E-state index contributed by atoms with van der Waals surface area (Å²) in [6.45, 7) is 3.27. The fourth-order valence-corrected chi connectivity index (χ4v) is 2.67. The lowest BCUT2D eigenvalue weighted by atomic mass is 10.1. The Kier molecular flexibility index (Phi) is 5.02. The summed E-state index contributed by atoms with van der Waals surface area (Å²) < 4.78 is 5.42. The normalized spacial score (nSPS) is 20.7. The molecule has 1 N–H and O–H groups in total. The van der Waals surface area contributed by atoms with Crippen LogP contribution in [0.2, 0.25) is 0 Å². The van der Waals surface area contributed by atoms with Gasteiger partial charge in [-0.15, -0.1) is 0 Å². The second-order valence-corrected chi connectivity index (χ2v) is 5.06. The maximum atomic E-state index is 5.42. The van der Waals surface area contributed by atoms with Crippen LogP contribution in [0.3, 0.4) is 0 Å². The van der Waals surface area contributed by atoms with E-state index in [4.69, 9.17) is 4.74 Å². The number of nitrogens with zero attached hydrogens (tertiary/aromatic N) is 1. The SMILES string of the molecule is COc1ccccc1CN(C)C1CCCNCC1. The number of benzene rings is 1. The monoisotopic (exact) mass is 248 g/mol. The third-order valence-electron chi connectivity index (χ3n) is 3.78. The quantitative estimate of drug-likeness (QED) is 0.884. The number of rotatable bonds is 4. The summed E-state index contributed by atoms with van der Waals surface area (Å²) in [6, 6.07) is 8.99. The van der Waals surface area contributed by atoms with Gasteiger partial charge in [-0.05, 0) is 45.5 Å². The Hall–Kier alpha value is -1.06. The lowest BCUT2D eigenvalue weighted by Gasteiger charge is -2.27. The maximum absolute atomic E-state index is 5.42. The standard InChI is InChI=1S/C15H24N2O/c1-17(14-7-5-10-16-11-9-14)12-13-6-3-4-8-15(13)18-2/h3-4,6,8,14,16H,5,7,9-12H2,1-2H3. The molecule has 1 aliphatic rings. The van der Waals surface area contributed by atoms with Gasteiger partial charge in [0.15, 0.2) is 0 Å². The third kappa shape index (κ3) is 3.47. The van der Waals surface area contributed by atoms with Crippen LogP contribution in [-0.4, -0.2) is 38.2 Å². The first kappa shape index (κ1) is 13.4. The van der Waals surface area contributed by atoms with Crippen molar-refractivity contribution in [3.63, 3.8) is 0 Å². The van der Waals surface area contributed by atoms with Crippen LogP contribution in [0.4, 0.5) is 0 Å². The Morgan fingerprint density at radius 1 is 1.28 bits per heavy atom. The van der Waals surface area contributed by atoms with Crippen LogP contribution in [-0.2, 0) is 6.54 Å². The molecule has 1 atom stereocenters. The summed E-state index contributed by atoms with van der Waals surface area (Å²) in [4.78, 5) is 2.46. The molecule has 0 aliphatic carbocycles. The molecule has 1 fully saturated rings. The van der Waals surface area contributed by atoms with Crippen molar-refractivity contribution in [3.8, 4) is 5.75 Å². The Morgan fingerprint density at radius 2 is 2.11 bits per heavy atom. The fraction of sp³-hybridized carbons (Fsp3) is 0.600. The lowest BCUT2D eigenvalue weighted by Crippen LogP contribution is -2.32. The zero-order valence-electron chi connectivity index (χ0n) is 11.5. The minimum atomic E-state index is 0.685. The van der Waals surface area contributed by atoms with Crippen molar-refractivity contribution in [1.82, 2.24) is 10.2 Å². The summed E-state index contributed by atoms with van der Waals surface area (Å²) >= 11 is 0. The van der Waals surface area contributed by atoms with Gasteiger partial charge in [0.2, 0.25) is 0 Å². The van der Waals surface area contributed by atoms with Crippen LogP contribution in [0.5, 0.6) is 5.75 Å². The average Bonchev–Trinajstić information content (AvgIpc) is 2.68. The van der Waals surface area contributed by atoms with Crippen LogP contribution in [0.25, 0.3) is 0 Å². The molecule has 1 aliphatic heterocycles. The fourth-order valence-electron chi connectivity index (χ4n) is 2.67. The number of nitrogens with one attached hydrogen (secondary N) is 1. The topological polar surface area (TPSA) is 24.5 Å². The van der Waals surface area contributed by atoms with E-state index in [1.54, 1.807) is 7.11 Å². The number of hydrogen-bond donors (Lipinski definition) is 1. The molecule has 1 aromatic rings. The summed E-state index contributed by atoms with van der Waals surface area (Å²) in [6.07, 6.45) is 3.81. The van der Waals surface area contributed by atoms with Gasteiger partial charge in [-0.25, -0.2) is 0 Å². The lowest BCUT2D eigenvalue weighted by molar-refractivity contribution is 0.214. The molecule has 0 spiro atoms. The molecule has 3 nitrogen and oxygen atoms in total. The van der Waals surface area contributed by atoms with E-state index < -0.39 is 0 Å². The summed E-state index contributed by atoms with van der Waals surface area (Å²) in [5.41, 5.74) is 1.28. The highest BCUT2D eigenvalue weighted by Crippen LogP contribution is 2.21. The number of hydrogen-bond acceptors (Lipinski definition) is 3. The number of ether oxygens (including phenoxy) is 1. The van der Waals surface area contributed by atoms with Crippen molar-refractivity contribution in [2.75, 3.05) is 27.2 Å². The minimum Gasteiger partial charge on any atom is -0.496 e. The Bertz CT molecular complexity index is 359. The minimum absolute atomic E-state index is 0.685. The Labute approximate surface area is 110 Å². The molecule has 1 heterocycles. The van der Waals surface area contributed by atoms with Crippen LogP contribution >= 0.6 is 0 Å². The van der Waals surface area contributed by atoms with E-state index in [2.05, 4.69) is 29.4 Å². The van der Waals surface area contributed by atoms with Gasteiger partial charge in [-0.1, -0.05) is 18.2 Å². The van der Waals surface area contributed by atoms with E-state index in [1.165, 1.54) is 31.4 Å². The molecule has 0 aromatic heterocycles. The first-order valence-electron chi connectivity index (χ1n) is 6.84. The smallest absolute Gasteiger partial charge is 0.123 e. The van der Waals surface area contributed by atoms with E-state index in [1.807, 2.05) is 12.1 Å². The molecule has 1 saturated heterocycles. The molecule has 2 rings (SSSR count). The van der Waals surface area contributed by atoms with E-state index in [0.717, 1.165) is 18.8 Å². The van der Waals surface area contributed by atoms with Gasteiger partial charge in [-0.3, -0.25) is 4.90 Å². The summed E-state index contributed by atoms with van der Waals surface area (Å²) in [5.74, 6) is 0.996. The second kappa shape index (κ2) is 6.76. The van der Waals surface area contributed by atoms with Gasteiger partial charge in [0, 0.05) is 18.2 Å². The molecule has 1 aromatic carbocycles. The highest BCUT2D eigenvalue weighted by molar-refractivity contribution is 5.33. The van der Waals surface area contributed by atoms with Gasteiger partial charge in [0.25, 0.3) is 0 Å². The molecular weight excluding hydrogens is 224 g/mol. The number of methoxy groups -OCH3 is 1. The van der Waals surface area contributed by atoms with Crippen LogP contribution < -0.4 is 10.1 Å². The van der Waals surface area contributed by atoms with Crippen molar-refractivity contribution < 1.29 is 4.74 Å². The van der Waals surface area contributed by atoms with Crippen molar-refractivity contribution >= 4 is 0 Å². The highest BCUT2D eigenvalue weighted by atomic mass is 16.5. The largest absolute Gasteiger partial charge is 0.496 e. The predicted octanol–water partition coefficient (Wildman–Crippen LogP) is 2.27. The maximum Gasteiger partial charge on any atom is 0.123 e. The molecule has 18 heavy (non-hydrogen) atoms. The first-order valence-corrected chi connectivity index (χ1v) is 6.84. The zero-order valence-corrected chi connectivity index (χ0v) is 11.5. The molecular formula is C15H24N2O. The molecule has 0 radical (unpaired) electrons. The van der Waals surface area contributed by atoms with E-state index >= 15 is 0 Å². The third-order valence-corrected chi connectivity index (χ3v) is 3.78. The molecule has 0 saturated carbocycles. The Morgan fingerprint density at radius 3 is 2.94 bits per heavy atom. The van der Waals surface area contributed by atoms with E-state index in [-0.39, 0.29) is 0 Å². The molecule has 3 heteroatoms. The van der Waals surface area contributed by atoms with Gasteiger partial charge in [-0.2, -0.15) is 0 Å². The van der Waals surface area contributed by atoms with Crippen molar-refractivity contribution in [3.05, 3.63) is 29.8 Å². The summed E-state index contributed by atoms with van der Waals surface area (Å²) in [5, 5.41) is 3.47. The molecule has 0 amide bonds. The van der Waals surface area contributed by atoms with Crippen LogP contribution in [0.1, 0.15) is 24.8 Å².